The predicted octanol–water partition coefficient (Wildman–Crippen LogP) is 3.04. The number of anilines is 1. The molecule has 2 aromatic heterocycles. The number of rotatable bonds is 4. The molecule has 0 spiro atoms. The maximum atomic E-state index is 12.4. The molecule has 4 aromatic rings. The Balaban J connectivity index is 1.57. The Morgan fingerprint density at radius 3 is 2.82 bits per heavy atom. The summed E-state index contributed by atoms with van der Waals surface area (Å²) >= 11 is 0. The van der Waals surface area contributed by atoms with E-state index in [-0.39, 0.29) is 18.0 Å². The largest absolute Gasteiger partial charge is 0.324 e. The summed E-state index contributed by atoms with van der Waals surface area (Å²) < 4.78 is 1.18. The monoisotopic (exact) mass is 373 g/mol. The van der Waals surface area contributed by atoms with Crippen LogP contribution in [0, 0.1) is 13.8 Å². The van der Waals surface area contributed by atoms with E-state index in [4.69, 9.17) is 0 Å². The second-order valence-corrected chi connectivity index (χ2v) is 6.75. The molecule has 0 fully saturated rings. The zero-order chi connectivity index (χ0) is 19.7. The molecular weight excluding hydrogens is 354 g/mol. The lowest BCUT2D eigenvalue weighted by Crippen LogP contribution is -2.29. The van der Waals surface area contributed by atoms with Gasteiger partial charge in [-0.3, -0.25) is 14.7 Å². The summed E-state index contributed by atoms with van der Waals surface area (Å²) in [6.07, 6.45) is 1.71. The number of nitrogens with one attached hydrogen (secondary N) is 2. The quantitative estimate of drug-likeness (QED) is 0.575. The highest BCUT2D eigenvalue weighted by molar-refractivity contribution is 5.93. The number of H-pyrrole nitrogens is 1. The molecule has 28 heavy (non-hydrogen) atoms. The Kier molecular flexibility index (Phi) is 4.49. The molecule has 2 N–H and O–H groups in total. The van der Waals surface area contributed by atoms with E-state index in [1.165, 1.54) is 10.7 Å². The van der Waals surface area contributed by atoms with Gasteiger partial charge in [-0.1, -0.05) is 17.7 Å². The molecule has 0 saturated heterocycles. The molecule has 2 aromatic carbocycles. The zero-order valence-corrected chi connectivity index (χ0v) is 15.6. The van der Waals surface area contributed by atoms with Gasteiger partial charge in [0.2, 0.25) is 5.91 Å². The average Bonchev–Trinajstić information content (AvgIpc) is 3.13. The first-order valence-electron chi connectivity index (χ1n) is 8.88. The number of hydrogen-bond donors (Lipinski definition) is 2. The van der Waals surface area contributed by atoms with Crippen molar-refractivity contribution in [3.05, 3.63) is 76.2 Å². The first-order valence-corrected chi connectivity index (χ1v) is 8.88. The molecule has 0 aliphatic rings. The van der Waals surface area contributed by atoms with Crippen LogP contribution in [0.25, 0.3) is 22.2 Å². The second-order valence-electron chi connectivity index (χ2n) is 6.75. The van der Waals surface area contributed by atoms with Gasteiger partial charge in [0.15, 0.2) is 0 Å². The fourth-order valence-corrected chi connectivity index (χ4v) is 3.07. The van der Waals surface area contributed by atoms with Crippen molar-refractivity contribution in [2.24, 2.45) is 0 Å². The van der Waals surface area contributed by atoms with Crippen LogP contribution in [0.4, 0.5) is 5.69 Å². The van der Waals surface area contributed by atoms with Gasteiger partial charge < -0.3 is 5.32 Å². The zero-order valence-electron chi connectivity index (χ0n) is 15.6. The lowest BCUT2D eigenvalue weighted by atomic mass is 10.0. The average molecular weight is 373 g/mol. The van der Waals surface area contributed by atoms with Crippen molar-refractivity contribution in [1.82, 2.24) is 20.0 Å². The fraction of sp³-hybridized carbons (Fsp3) is 0.143. The minimum Gasteiger partial charge on any atom is -0.324 e. The third kappa shape index (κ3) is 3.55. The van der Waals surface area contributed by atoms with Crippen LogP contribution in [0.5, 0.6) is 0 Å². The van der Waals surface area contributed by atoms with E-state index in [9.17, 15) is 9.59 Å². The van der Waals surface area contributed by atoms with Crippen LogP contribution >= 0.6 is 0 Å². The first-order chi connectivity index (χ1) is 13.5. The van der Waals surface area contributed by atoms with E-state index in [0.717, 1.165) is 27.6 Å². The molecule has 140 valence electrons. The molecule has 0 atom stereocenters. The Labute approximate surface area is 161 Å². The molecule has 7 nitrogen and oxygen atoms in total. The standard InChI is InChI=1S/C21H19N5O2/c1-13-3-4-14(2)17(9-13)18-7-8-21(28)26(25-18)12-20(27)23-16-6-5-15-11-22-24-19(15)10-16/h3-11H,12H2,1-2H3,(H,22,24)(H,23,27). The lowest BCUT2D eigenvalue weighted by molar-refractivity contribution is -0.117. The Morgan fingerprint density at radius 1 is 1.11 bits per heavy atom. The van der Waals surface area contributed by atoms with Gasteiger partial charge in [0.25, 0.3) is 5.56 Å². The summed E-state index contributed by atoms with van der Waals surface area (Å²) in [5.74, 6) is -0.327. The van der Waals surface area contributed by atoms with Crippen molar-refractivity contribution in [2.45, 2.75) is 20.4 Å². The normalized spacial score (nSPS) is 10.9. The van der Waals surface area contributed by atoms with Gasteiger partial charge in [0.05, 0.1) is 17.4 Å². The molecule has 0 aliphatic carbocycles. The number of benzene rings is 2. The van der Waals surface area contributed by atoms with E-state index in [2.05, 4.69) is 20.6 Å². The maximum absolute atomic E-state index is 12.4. The smallest absolute Gasteiger partial charge is 0.267 e. The van der Waals surface area contributed by atoms with Gasteiger partial charge >= 0.3 is 0 Å². The SMILES string of the molecule is Cc1ccc(C)c(-c2ccc(=O)n(CC(=O)Nc3ccc4cn[nH]c4c3)n2)c1. The van der Waals surface area contributed by atoms with E-state index < -0.39 is 0 Å². The molecule has 0 radical (unpaired) electrons. The summed E-state index contributed by atoms with van der Waals surface area (Å²) in [4.78, 5) is 24.6. The van der Waals surface area contributed by atoms with Crippen LogP contribution in [0.2, 0.25) is 0 Å². The van der Waals surface area contributed by atoms with Crippen LogP contribution in [0.3, 0.4) is 0 Å². The van der Waals surface area contributed by atoms with Gasteiger partial charge in [-0.25, -0.2) is 4.68 Å². The van der Waals surface area contributed by atoms with Gasteiger partial charge in [0, 0.05) is 22.7 Å². The second kappa shape index (κ2) is 7.11. The van der Waals surface area contributed by atoms with Crippen LogP contribution in [-0.4, -0.2) is 25.9 Å². The molecule has 0 bridgehead atoms. The lowest BCUT2D eigenvalue weighted by Gasteiger charge is -2.10. The van der Waals surface area contributed by atoms with Crippen LogP contribution in [-0.2, 0) is 11.3 Å². The van der Waals surface area contributed by atoms with E-state index in [1.54, 1.807) is 24.4 Å². The molecule has 0 aliphatic heterocycles. The molecular formula is C21H19N5O2. The number of aromatic amines is 1. The van der Waals surface area contributed by atoms with Gasteiger partial charge in [-0.15, -0.1) is 0 Å². The Bertz CT molecular complexity index is 1240. The first kappa shape index (κ1) is 17.7. The highest BCUT2D eigenvalue weighted by Crippen LogP contribution is 2.21. The van der Waals surface area contributed by atoms with Crippen molar-refractivity contribution in [3.63, 3.8) is 0 Å². The number of fused-ring (bicyclic) bond motifs is 1. The van der Waals surface area contributed by atoms with E-state index in [0.29, 0.717) is 11.4 Å². The predicted molar refractivity (Wildman–Crippen MR) is 108 cm³/mol. The number of carbonyl (C=O) groups excluding carboxylic acids is 1. The maximum Gasteiger partial charge on any atom is 0.267 e. The summed E-state index contributed by atoms with van der Waals surface area (Å²) in [7, 11) is 0. The summed E-state index contributed by atoms with van der Waals surface area (Å²) in [6.45, 7) is 3.83. The highest BCUT2D eigenvalue weighted by Gasteiger charge is 2.10. The number of aromatic nitrogens is 4. The summed E-state index contributed by atoms with van der Waals surface area (Å²) in [6, 6.07) is 14.6. The topological polar surface area (TPSA) is 92.7 Å². The molecule has 0 unspecified atom stereocenters. The number of carbonyl (C=O) groups is 1. The highest BCUT2D eigenvalue weighted by atomic mass is 16.2. The van der Waals surface area contributed by atoms with Gasteiger partial charge in [-0.2, -0.15) is 10.2 Å². The van der Waals surface area contributed by atoms with Crippen LogP contribution < -0.4 is 10.9 Å². The minimum atomic E-state index is -0.327. The van der Waals surface area contributed by atoms with Crippen molar-refractivity contribution in [1.29, 1.82) is 0 Å². The third-order valence-electron chi connectivity index (χ3n) is 4.55. The van der Waals surface area contributed by atoms with Crippen molar-refractivity contribution < 1.29 is 4.79 Å². The molecule has 2 heterocycles. The number of amides is 1. The Morgan fingerprint density at radius 2 is 1.96 bits per heavy atom. The number of aryl methyl sites for hydroxylation is 2. The molecule has 1 amide bonds. The van der Waals surface area contributed by atoms with E-state index >= 15 is 0 Å². The molecule has 4 rings (SSSR count). The van der Waals surface area contributed by atoms with Crippen molar-refractivity contribution >= 4 is 22.5 Å². The number of hydrogen-bond acceptors (Lipinski definition) is 4. The molecule has 0 saturated carbocycles. The third-order valence-corrected chi connectivity index (χ3v) is 4.55. The van der Waals surface area contributed by atoms with Crippen molar-refractivity contribution in [2.75, 3.05) is 5.32 Å². The fourth-order valence-electron chi connectivity index (χ4n) is 3.07. The summed E-state index contributed by atoms with van der Waals surface area (Å²) in [5, 5.41) is 15.0. The van der Waals surface area contributed by atoms with Crippen molar-refractivity contribution in [3.8, 4) is 11.3 Å². The minimum absolute atomic E-state index is 0.168. The van der Waals surface area contributed by atoms with Gasteiger partial charge in [0.1, 0.15) is 6.54 Å². The number of nitrogens with zero attached hydrogens (tertiary/aromatic N) is 3. The Hall–Kier alpha value is -3.74. The van der Waals surface area contributed by atoms with E-state index in [1.807, 2.05) is 38.1 Å². The van der Waals surface area contributed by atoms with Crippen LogP contribution in [0.15, 0.2) is 59.5 Å². The summed E-state index contributed by atoms with van der Waals surface area (Å²) in [5.41, 5.74) is 4.89. The molecule has 7 heteroatoms. The van der Waals surface area contributed by atoms with Crippen LogP contribution in [0.1, 0.15) is 11.1 Å². The van der Waals surface area contributed by atoms with Gasteiger partial charge in [-0.05, 0) is 49.7 Å².